The lowest BCUT2D eigenvalue weighted by atomic mass is 10.3. The maximum atomic E-state index is 12.6. The summed E-state index contributed by atoms with van der Waals surface area (Å²) in [5.74, 6) is 1.59. The molecule has 1 aliphatic heterocycles. The van der Waals surface area contributed by atoms with E-state index in [1.165, 1.54) is 46.5 Å². The minimum absolute atomic E-state index is 0.177. The van der Waals surface area contributed by atoms with Crippen molar-refractivity contribution in [3.8, 4) is 11.4 Å². The summed E-state index contributed by atoms with van der Waals surface area (Å²) in [4.78, 5) is 18.1. The molecule has 7 nitrogen and oxygen atoms in total. The Labute approximate surface area is 206 Å². The van der Waals surface area contributed by atoms with E-state index in [2.05, 4.69) is 26.0 Å². The van der Waals surface area contributed by atoms with Crippen LogP contribution in [0.4, 0.5) is 13.2 Å². The zero-order chi connectivity index (χ0) is 24.6. The number of fused-ring (bicyclic) bond motifs is 1. The van der Waals surface area contributed by atoms with Gasteiger partial charge in [-0.15, -0.1) is 35.1 Å². The molecule has 5 rings (SSSR count). The first-order valence-corrected chi connectivity index (χ1v) is 12.5. The Morgan fingerprint density at radius 1 is 1.14 bits per heavy atom. The van der Waals surface area contributed by atoms with Gasteiger partial charge in [0.25, 0.3) is 5.56 Å². The van der Waals surface area contributed by atoms with Crippen molar-refractivity contribution in [2.24, 2.45) is 0 Å². The molecular formula is C23H18F3N5O2S2. The average molecular weight is 518 g/mol. The number of rotatable bonds is 6. The fraction of sp³-hybridized carbons (Fsp3) is 0.217. The number of allylic oxidation sites excluding steroid dienone is 1. The molecule has 1 aromatic carbocycles. The summed E-state index contributed by atoms with van der Waals surface area (Å²) in [5, 5.41) is 9.21. The van der Waals surface area contributed by atoms with Crippen LogP contribution in [-0.2, 0) is 5.75 Å². The lowest BCUT2D eigenvalue weighted by molar-refractivity contribution is -0.274. The largest absolute Gasteiger partial charge is 0.573 e. The fourth-order valence-electron chi connectivity index (χ4n) is 3.60. The molecule has 0 unspecified atom stereocenters. The second-order valence-electron chi connectivity index (χ2n) is 7.70. The minimum atomic E-state index is -4.76. The first-order valence-electron chi connectivity index (χ1n) is 10.5. The van der Waals surface area contributed by atoms with Gasteiger partial charge < -0.3 is 4.74 Å². The predicted octanol–water partition coefficient (Wildman–Crippen LogP) is 5.25. The number of alkyl halides is 3. The van der Waals surface area contributed by atoms with Crippen LogP contribution >= 0.6 is 23.5 Å². The highest BCUT2D eigenvalue weighted by atomic mass is 32.2. The van der Waals surface area contributed by atoms with Gasteiger partial charge in [-0.05, 0) is 49.2 Å². The smallest absolute Gasteiger partial charge is 0.406 e. The molecule has 0 atom stereocenters. The highest BCUT2D eigenvalue weighted by Gasteiger charge is 2.31. The van der Waals surface area contributed by atoms with Crippen molar-refractivity contribution in [2.75, 3.05) is 5.75 Å². The molecular weight excluding hydrogens is 499 g/mol. The van der Waals surface area contributed by atoms with Crippen LogP contribution in [0.2, 0.25) is 0 Å². The van der Waals surface area contributed by atoms with Crippen LogP contribution in [0.3, 0.4) is 0 Å². The van der Waals surface area contributed by atoms with Gasteiger partial charge in [-0.3, -0.25) is 13.8 Å². The van der Waals surface area contributed by atoms with Crippen LogP contribution in [-0.4, -0.2) is 36.3 Å². The third kappa shape index (κ3) is 5.22. The van der Waals surface area contributed by atoms with Crippen LogP contribution in [0, 0.1) is 6.92 Å². The van der Waals surface area contributed by atoms with Crippen molar-refractivity contribution in [1.82, 2.24) is 24.1 Å². The number of benzene rings is 1. The first-order chi connectivity index (χ1) is 16.8. The first kappa shape index (κ1) is 23.5. The maximum absolute atomic E-state index is 12.6. The van der Waals surface area contributed by atoms with Gasteiger partial charge in [0.05, 0.1) is 11.4 Å². The van der Waals surface area contributed by atoms with Gasteiger partial charge in [0.2, 0.25) is 0 Å². The van der Waals surface area contributed by atoms with Crippen LogP contribution < -0.4 is 10.3 Å². The predicted molar refractivity (Wildman–Crippen MR) is 129 cm³/mol. The Hall–Kier alpha value is -3.25. The Kier molecular flexibility index (Phi) is 6.32. The Bertz CT molecular complexity index is 1480. The average Bonchev–Trinajstić information content (AvgIpc) is 3.47. The van der Waals surface area contributed by atoms with E-state index in [0.29, 0.717) is 33.8 Å². The molecule has 0 amide bonds. The van der Waals surface area contributed by atoms with E-state index in [0.717, 1.165) is 22.6 Å². The van der Waals surface area contributed by atoms with E-state index in [4.69, 9.17) is 0 Å². The zero-order valence-corrected chi connectivity index (χ0v) is 20.0. The van der Waals surface area contributed by atoms with Crippen molar-refractivity contribution < 1.29 is 17.9 Å². The summed E-state index contributed by atoms with van der Waals surface area (Å²) in [6.07, 6.45) is -0.0594. The number of ether oxygens (including phenoxy) is 1. The van der Waals surface area contributed by atoms with Crippen LogP contribution in [0.5, 0.6) is 5.75 Å². The van der Waals surface area contributed by atoms with Crippen molar-refractivity contribution in [2.45, 2.75) is 30.6 Å². The summed E-state index contributed by atoms with van der Waals surface area (Å²) in [5.41, 5.74) is 2.51. The molecule has 0 spiro atoms. The van der Waals surface area contributed by atoms with Gasteiger partial charge in [-0.2, -0.15) is 0 Å². The molecule has 1 aliphatic rings. The summed E-state index contributed by atoms with van der Waals surface area (Å²) < 4.78 is 45.0. The summed E-state index contributed by atoms with van der Waals surface area (Å²) in [7, 11) is 0. The molecule has 35 heavy (non-hydrogen) atoms. The molecule has 3 aromatic heterocycles. The second-order valence-corrected chi connectivity index (χ2v) is 9.78. The van der Waals surface area contributed by atoms with E-state index in [1.54, 1.807) is 28.6 Å². The van der Waals surface area contributed by atoms with Crippen molar-refractivity contribution in [3.63, 3.8) is 0 Å². The van der Waals surface area contributed by atoms with Crippen molar-refractivity contribution in [1.29, 1.82) is 0 Å². The summed E-state index contributed by atoms with van der Waals surface area (Å²) >= 11 is 2.99. The number of aromatic nitrogens is 5. The SMILES string of the molecule is Cc1ccc2nc(CSc3nnc(C4=CCCS4)n3-c3ccc(OC(F)(F)F)cc3)cc(=O)n2c1. The number of hydrogen-bond acceptors (Lipinski definition) is 7. The molecule has 0 bridgehead atoms. The molecule has 4 heterocycles. The molecule has 0 saturated carbocycles. The Morgan fingerprint density at radius 2 is 1.94 bits per heavy atom. The second kappa shape index (κ2) is 9.42. The third-order valence-electron chi connectivity index (χ3n) is 5.10. The van der Waals surface area contributed by atoms with Crippen LogP contribution in [0.15, 0.2) is 64.7 Å². The quantitative estimate of drug-likeness (QED) is 0.323. The highest BCUT2D eigenvalue weighted by Crippen LogP contribution is 2.36. The molecule has 180 valence electrons. The van der Waals surface area contributed by atoms with Crippen LogP contribution in [0.1, 0.15) is 23.5 Å². The molecule has 0 radical (unpaired) electrons. The van der Waals surface area contributed by atoms with Gasteiger partial charge in [-0.25, -0.2) is 4.98 Å². The van der Waals surface area contributed by atoms with Gasteiger partial charge in [0.15, 0.2) is 11.0 Å². The van der Waals surface area contributed by atoms with E-state index >= 15 is 0 Å². The number of pyridine rings is 1. The monoisotopic (exact) mass is 517 g/mol. The number of hydrogen-bond donors (Lipinski definition) is 0. The molecule has 12 heteroatoms. The third-order valence-corrected chi connectivity index (χ3v) is 7.16. The Balaban J connectivity index is 1.46. The molecule has 0 N–H and O–H groups in total. The highest BCUT2D eigenvalue weighted by molar-refractivity contribution is 8.08. The number of thioether (sulfide) groups is 2. The zero-order valence-electron chi connectivity index (χ0n) is 18.3. The Morgan fingerprint density at radius 3 is 2.66 bits per heavy atom. The van der Waals surface area contributed by atoms with Crippen molar-refractivity contribution in [3.05, 3.63) is 82.2 Å². The lowest BCUT2D eigenvalue weighted by Crippen LogP contribution is -2.17. The normalized spacial score (nSPS) is 13.9. The van der Waals surface area contributed by atoms with E-state index in [1.807, 2.05) is 13.0 Å². The van der Waals surface area contributed by atoms with E-state index in [9.17, 15) is 18.0 Å². The minimum Gasteiger partial charge on any atom is -0.406 e. The van der Waals surface area contributed by atoms with E-state index in [-0.39, 0.29) is 11.3 Å². The molecule has 0 aliphatic carbocycles. The summed E-state index contributed by atoms with van der Waals surface area (Å²) in [6, 6.07) is 10.7. The van der Waals surface area contributed by atoms with Crippen molar-refractivity contribution >= 4 is 34.1 Å². The molecule has 0 fully saturated rings. The molecule has 4 aromatic rings. The maximum Gasteiger partial charge on any atom is 0.573 e. The fourth-order valence-corrected chi connectivity index (χ4v) is 5.39. The number of aryl methyl sites for hydroxylation is 1. The van der Waals surface area contributed by atoms with E-state index < -0.39 is 6.36 Å². The van der Waals surface area contributed by atoms with Gasteiger partial charge in [0.1, 0.15) is 11.4 Å². The number of halogens is 3. The summed E-state index contributed by atoms with van der Waals surface area (Å²) in [6.45, 7) is 1.90. The molecule has 0 saturated heterocycles. The lowest BCUT2D eigenvalue weighted by Gasteiger charge is -2.13. The van der Waals surface area contributed by atoms with Crippen LogP contribution in [0.25, 0.3) is 16.2 Å². The standard InChI is InChI=1S/C23H18F3N5O2S2/c1-14-4-9-19-27-15(11-20(32)30(19)12-14)13-35-22-29-28-21(18-3-2-10-34-18)31(22)16-5-7-17(8-6-16)33-23(24,25)26/h3-9,11-12H,2,10,13H2,1H3. The van der Waals surface area contributed by atoms with Gasteiger partial charge >= 0.3 is 6.36 Å². The topological polar surface area (TPSA) is 74.3 Å². The number of nitrogens with zero attached hydrogens (tertiary/aromatic N) is 5. The van der Waals surface area contributed by atoms with Gasteiger partial charge in [0, 0.05) is 28.7 Å². The van der Waals surface area contributed by atoms with Gasteiger partial charge in [-0.1, -0.05) is 23.9 Å².